The predicted octanol–water partition coefficient (Wildman–Crippen LogP) is 3.46. The van der Waals surface area contributed by atoms with Gasteiger partial charge in [-0.25, -0.2) is 4.39 Å². The number of nitrogens with one attached hydrogen (secondary N) is 1. The Morgan fingerprint density at radius 3 is 2.82 bits per heavy atom. The average molecular weight is 258 g/mol. The molecule has 94 valence electrons. The van der Waals surface area contributed by atoms with E-state index in [9.17, 15) is 4.39 Å². The van der Waals surface area contributed by atoms with E-state index < -0.39 is 0 Å². The van der Waals surface area contributed by atoms with E-state index in [1.807, 2.05) is 13.8 Å². The number of benzene rings is 1. The summed E-state index contributed by atoms with van der Waals surface area (Å²) < 4.78 is 18.6. The van der Waals surface area contributed by atoms with Gasteiger partial charge in [-0.3, -0.25) is 0 Å². The van der Waals surface area contributed by atoms with Crippen LogP contribution in [0.3, 0.4) is 0 Å². The Labute approximate surface area is 106 Å². The molecule has 4 heteroatoms. The quantitative estimate of drug-likeness (QED) is 0.843. The van der Waals surface area contributed by atoms with Crippen LogP contribution in [0.5, 0.6) is 5.75 Å². The summed E-state index contributed by atoms with van der Waals surface area (Å²) >= 11 is 5.63. The van der Waals surface area contributed by atoms with Gasteiger partial charge in [0, 0.05) is 23.2 Å². The molecule has 0 saturated carbocycles. The molecule has 0 spiro atoms. The van der Waals surface area contributed by atoms with Crippen molar-refractivity contribution in [3.63, 3.8) is 0 Å². The molecule has 1 rings (SSSR count). The number of ether oxygens (including phenoxy) is 1. The normalized spacial score (nSPS) is 10.6. The van der Waals surface area contributed by atoms with E-state index in [1.165, 1.54) is 12.1 Å². The maximum Gasteiger partial charge on any atom is 0.124 e. The Morgan fingerprint density at radius 1 is 1.53 bits per heavy atom. The second-order valence-electron chi connectivity index (χ2n) is 4.09. The van der Waals surface area contributed by atoms with Crippen molar-refractivity contribution in [3.8, 4) is 5.75 Å². The summed E-state index contributed by atoms with van der Waals surface area (Å²) in [6.07, 6.45) is 0. The fraction of sp³-hybridized carbons (Fsp3) is 0.385. The molecule has 0 saturated heterocycles. The van der Waals surface area contributed by atoms with Crippen molar-refractivity contribution in [2.24, 2.45) is 0 Å². The zero-order valence-corrected chi connectivity index (χ0v) is 10.9. The van der Waals surface area contributed by atoms with E-state index in [4.69, 9.17) is 16.3 Å². The third kappa shape index (κ3) is 5.20. The fourth-order valence-electron chi connectivity index (χ4n) is 1.30. The topological polar surface area (TPSA) is 21.3 Å². The Bertz CT molecular complexity index is 393. The lowest BCUT2D eigenvalue weighted by molar-refractivity contribution is 0.352. The van der Waals surface area contributed by atoms with Gasteiger partial charge in [-0.2, -0.15) is 0 Å². The lowest BCUT2D eigenvalue weighted by Crippen LogP contribution is -2.22. The highest BCUT2D eigenvalue weighted by Gasteiger charge is 2.06. The summed E-state index contributed by atoms with van der Waals surface area (Å²) in [4.78, 5) is 0. The SMILES string of the molecule is C=C(Cl)COc1ccc(F)cc1CNC(C)C. The monoisotopic (exact) mass is 257 g/mol. The first kappa shape index (κ1) is 14.0. The van der Waals surface area contributed by atoms with Crippen LogP contribution >= 0.6 is 11.6 Å². The molecule has 1 aromatic carbocycles. The van der Waals surface area contributed by atoms with Crippen LogP contribution in [0.25, 0.3) is 0 Å². The first-order valence-electron chi connectivity index (χ1n) is 5.47. The van der Waals surface area contributed by atoms with Crippen molar-refractivity contribution in [1.82, 2.24) is 5.32 Å². The molecule has 0 radical (unpaired) electrons. The maximum atomic E-state index is 13.1. The molecule has 0 atom stereocenters. The van der Waals surface area contributed by atoms with E-state index >= 15 is 0 Å². The van der Waals surface area contributed by atoms with Gasteiger partial charge in [0.1, 0.15) is 18.2 Å². The van der Waals surface area contributed by atoms with Gasteiger partial charge in [0.05, 0.1) is 0 Å². The minimum absolute atomic E-state index is 0.224. The Balaban J connectivity index is 2.76. The molecule has 0 unspecified atom stereocenters. The van der Waals surface area contributed by atoms with E-state index in [0.29, 0.717) is 23.4 Å². The molecule has 0 aliphatic rings. The second-order valence-corrected chi connectivity index (χ2v) is 4.63. The number of rotatable bonds is 6. The van der Waals surface area contributed by atoms with Crippen molar-refractivity contribution >= 4 is 11.6 Å². The lowest BCUT2D eigenvalue weighted by Gasteiger charge is -2.13. The van der Waals surface area contributed by atoms with E-state index in [0.717, 1.165) is 5.56 Å². The van der Waals surface area contributed by atoms with Crippen LogP contribution in [-0.4, -0.2) is 12.6 Å². The maximum absolute atomic E-state index is 13.1. The average Bonchev–Trinajstić information content (AvgIpc) is 2.24. The first-order chi connectivity index (χ1) is 7.99. The number of hydrogen-bond donors (Lipinski definition) is 1. The summed E-state index contributed by atoms with van der Waals surface area (Å²) in [7, 11) is 0. The minimum Gasteiger partial charge on any atom is -0.488 e. The molecule has 0 heterocycles. The van der Waals surface area contributed by atoms with Crippen LogP contribution in [0.4, 0.5) is 4.39 Å². The van der Waals surface area contributed by atoms with Crippen molar-refractivity contribution < 1.29 is 9.13 Å². The van der Waals surface area contributed by atoms with E-state index in [2.05, 4.69) is 11.9 Å². The molecule has 1 aromatic rings. The predicted molar refractivity (Wildman–Crippen MR) is 68.9 cm³/mol. The molecule has 0 bridgehead atoms. The molecule has 2 nitrogen and oxygen atoms in total. The Hall–Kier alpha value is -1.06. The molecular formula is C13H17ClFNO. The van der Waals surface area contributed by atoms with Crippen LogP contribution < -0.4 is 10.1 Å². The molecule has 0 fully saturated rings. The summed E-state index contributed by atoms with van der Waals surface area (Å²) in [6.45, 7) is 8.38. The van der Waals surface area contributed by atoms with Crippen LogP contribution in [0.2, 0.25) is 0 Å². The zero-order valence-electron chi connectivity index (χ0n) is 10.1. The van der Waals surface area contributed by atoms with Gasteiger partial charge in [-0.05, 0) is 18.2 Å². The van der Waals surface area contributed by atoms with Gasteiger partial charge in [0.2, 0.25) is 0 Å². The van der Waals surface area contributed by atoms with Gasteiger partial charge in [0.15, 0.2) is 0 Å². The third-order valence-electron chi connectivity index (χ3n) is 2.11. The van der Waals surface area contributed by atoms with Gasteiger partial charge >= 0.3 is 0 Å². The molecular weight excluding hydrogens is 241 g/mol. The summed E-state index contributed by atoms with van der Waals surface area (Å²) in [5.41, 5.74) is 0.775. The molecule has 0 aromatic heterocycles. The van der Waals surface area contributed by atoms with Crippen LogP contribution in [0.1, 0.15) is 19.4 Å². The van der Waals surface area contributed by atoms with Gasteiger partial charge in [-0.15, -0.1) is 0 Å². The second kappa shape index (κ2) is 6.62. The lowest BCUT2D eigenvalue weighted by atomic mass is 10.2. The first-order valence-corrected chi connectivity index (χ1v) is 5.84. The third-order valence-corrected chi connectivity index (χ3v) is 2.22. The van der Waals surface area contributed by atoms with Crippen molar-refractivity contribution in [2.45, 2.75) is 26.4 Å². The summed E-state index contributed by atoms with van der Waals surface area (Å²) in [5.74, 6) is 0.351. The highest BCUT2D eigenvalue weighted by Crippen LogP contribution is 2.20. The van der Waals surface area contributed by atoms with Crippen molar-refractivity contribution in [2.75, 3.05) is 6.61 Å². The molecule has 0 aliphatic heterocycles. The fourth-order valence-corrected chi connectivity index (χ4v) is 1.35. The van der Waals surface area contributed by atoms with Crippen LogP contribution in [0.15, 0.2) is 29.8 Å². The summed E-state index contributed by atoms with van der Waals surface area (Å²) in [5, 5.41) is 3.63. The summed E-state index contributed by atoms with van der Waals surface area (Å²) in [6, 6.07) is 4.76. The van der Waals surface area contributed by atoms with Crippen molar-refractivity contribution in [1.29, 1.82) is 0 Å². The van der Waals surface area contributed by atoms with Gasteiger partial charge in [0.25, 0.3) is 0 Å². The number of halogens is 2. The molecule has 17 heavy (non-hydrogen) atoms. The Kier molecular flexibility index (Phi) is 5.45. The van der Waals surface area contributed by atoms with E-state index in [1.54, 1.807) is 6.07 Å². The largest absolute Gasteiger partial charge is 0.488 e. The minimum atomic E-state index is -0.275. The highest BCUT2D eigenvalue weighted by molar-refractivity contribution is 6.29. The molecule has 1 N–H and O–H groups in total. The van der Waals surface area contributed by atoms with E-state index in [-0.39, 0.29) is 12.4 Å². The van der Waals surface area contributed by atoms with Crippen LogP contribution in [-0.2, 0) is 6.54 Å². The van der Waals surface area contributed by atoms with Gasteiger partial charge in [-0.1, -0.05) is 32.0 Å². The smallest absolute Gasteiger partial charge is 0.124 e. The highest BCUT2D eigenvalue weighted by atomic mass is 35.5. The number of hydrogen-bond acceptors (Lipinski definition) is 2. The van der Waals surface area contributed by atoms with Gasteiger partial charge < -0.3 is 10.1 Å². The molecule has 0 aliphatic carbocycles. The van der Waals surface area contributed by atoms with Crippen LogP contribution in [0, 0.1) is 5.82 Å². The Morgan fingerprint density at radius 2 is 2.24 bits per heavy atom. The molecule has 0 amide bonds. The zero-order chi connectivity index (χ0) is 12.8. The van der Waals surface area contributed by atoms with Crippen molar-refractivity contribution in [3.05, 3.63) is 41.2 Å². The standard InChI is InChI=1S/C13H17ClFNO/c1-9(2)16-7-11-6-12(15)4-5-13(11)17-8-10(3)14/h4-6,9,16H,3,7-8H2,1-2H3.